The summed E-state index contributed by atoms with van der Waals surface area (Å²) in [7, 11) is 0. The summed E-state index contributed by atoms with van der Waals surface area (Å²) < 4.78 is 34.4. The number of carbonyl (C=O) groups is 2. The first kappa shape index (κ1) is 15.9. The second-order valence-corrected chi connectivity index (χ2v) is 3.77. The van der Waals surface area contributed by atoms with E-state index in [2.05, 4.69) is 4.74 Å². The van der Waals surface area contributed by atoms with Gasteiger partial charge in [-0.25, -0.2) is 18.4 Å². The van der Waals surface area contributed by atoms with Crippen LogP contribution in [0.5, 0.6) is 0 Å². The van der Waals surface area contributed by atoms with E-state index >= 15 is 0 Å². The van der Waals surface area contributed by atoms with Gasteiger partial charge in [0.1, 0.15) is 6.61 Å². The molecule has 1 aromatic carbocycles. The molecule has 0 aliphatic carbocycles. The van der Waals surface area contributed by atoms with E-state index in [0.717, 1.165) is 0 Å². The number of nitrogens with one attached hydrogen (secondary N) is 1. The number of ether oxygens (including phenoxy) is 2. The van der Waals surface area contributed by atoms with E-state index in [9.17, 15) is 18.4 Å². The Bertz CT molecular complexity index is 439. The summed E-state index contributed by atoms with van der Waals surface area (Å²) in [5, 5.41) is 1.79. The van der Waals surface area contributed by atoms with Gasteiger partial charge in [-0.15, -0.1) is 0 Å². The fourth-order valence-corrected chi connectivity index (χ4v) is 1.35. The number of halogens is 2. The van der Waals surface area contributed by atoms with Gasteiger partial charge in [-0.05, 0) is 12.5 Å². The fraction of sp³-hybridized carbons (Fsp3) is 0.385. The number of esters is 1. The van der Waals surface area contributed by atoms with Crippen molar-refractivity contribution in [1.29, 1.82) is 0 Å². The predicted octanol–water partition coefficient (Wildman–Crippen LogP) is 2.11. The van der Waals surface area contributed by atoms with Crippen molar-refractivity contribution in [3.63, 3.8) is 0 Å². The molecule has 1 N–H and O–H groups in total. The molecule has 0 spiro atoms. The molecule has 110 valence electrons. The molecular weight excluding hydrogens is 272 g/mol. The van der Waals surface area contributed by atoms with Crippen molar-refractivity contribution in [2.75, 3.05) is 6.61 Å². The zero-order valence-corrected chi connectivity index (χ0v) is 10.8. The predicted molar refractivity (Wildman–Crippen MR) is 66.2 cm³/mol. The lowest BCUT2D eigenvalue weighted by Gasteiger charge is -2.16. The van der Waals surface area contributed by atoms with Crippen LogP contribution in [0.3, 0.4) is 0 Å². The van der Waals surface area contributed by atoms with E-state index in [1.165, 1.54) is 6.92 Å². The highest BCUT2D eigenvalue weighted by atomic mass is 19.3. The van der Waals surface area contributed by atoms with Crippen LogP contribution < -0.4 is 5.32 Å². The van der Waals surface area contributed by atoms with Crippen LogP contribution in [0.25, 0.3) is 0 Å². The average Bonchev–Trinajstić information content (AvgIpc) is 2.43. The standard InChI is InChI=1S/C13H15F2NO4/c1-2-19-12(17)10(11(14)15)16-13(18)20-8-9-6-4-3-5-7-9/h3-7,10-11H,2,8H2,1H3,(H,16,18)/t10-/m1/s1. The average molecular weight is 287 g/mol. The summed E-state index contributed by atoms with van der Waals surface area (Å²) >= 11 is 0. The third-order valence-corrected chi connectivity index (χ3v) is 2.28. The van der Waals surface area contributed by atoms with Gasteiger partial charge in [-0.2, -0.15) is 0 Å². The highest BCUT2D eigenvalue weighted by molar-refractivity contribution is 5.81. The molecule has 1 aromatic rings. The Kier molecular flexibility index (Phi) is 6.42. The molecule has 0 aliphatic heterocycles. The molecule has 1 rings (SSSR count). The number of hydrogen-bond acceptors (Lipinski definition) is 4. The monoisotopic (exact) mass is 287 g/mol. The number of rotatable bonds is 6. The number of alkyl carbamates (subject to hydrolysis) is 1. The first-order valence-electron chi connectivity index (χ1n) is 5.96. The number of alkyl halides is 2. The van der Waals surface area contributed by atoms with E-state index in [1.54, 1.807) is 35.6 Å². The summed E-state index contributed by atoms with van der Waals surface area (Å²) in [5.74, 6) is -1.20. The van der Waals surface area contributed by atoms with Crippen molar-refractivity contribution in [2.45, 2.75) is 26.0 Å². The molecule has 0 fully saturated rings. The molecule has 7 heteroatoms. The Morgan fingerprint density at radius 3 is 2.40 bits per heavy atom. The second kappa shape index (κ2) is 8.08. The van der Waals surface area contributed by atoms with Crippen molar-refractivity contribution < 1.29 is 27.8 Å². The number of amides is 1. The van der Waals surface area contributed by atoms with Crippen LogP contribution in [0.1, 0.15) is 12.5 Å². The van der Waals surface area contributed by atoms with Crippen LogP contribution in [0.15, 0.2) is 30.3 Å². The summed E-state index contributed by atoms with van der Waals surface area (Å²) in [6.45, 7) is 1.35. The highest BCUT2D eigenvalue weighted by Gasteiger charge is 2.31. The molecule has 0 radical (unpaired) electrons. The first-order chi connectivity index (χ1) is 9.54. The van der Waals surface area contributed by atoms with Crippen LogP contribution in [0.4, 0.5) is 13.6 Å². The van der Waals surface area contributed by atoms with Crippen LogP contribution in [-0.4, -0.2) is 31.1 Å². The molecule has 0 unspecified atom stereocenters. The van der Waals surface area contributed by atoms with Gasteiger partial charge in [0.05, 0.1) is 6.61 Å². The Morgan fingerprint density at radius 1 is 1.20 bits per heavy atom. The van der Waals surface area contributed by atoms with Gasteiger partial charge < -0.3 is 14.8 Å². The lowest BCUT2D eigenvalue weighted by Crippen LogP contribution is -2.46. The Hall–Kier alpha value is -2.18. The summed E-state index contributed by atoms with van der Waals surface area (Å²) in [6.07, 6.45) is -4.18. The minimum Gasteiger partial charge on any atom is -0.464 e. The maximum absolute atomic E-state index is 12.6. The maximum atomic E-state index is 12.6. The molecule has 0 saturated carbocycles. The maximum Gasteiger partial charge on any atom is 0.408 e. The SMILES string of the molecule is CCOC(=O)[C@H](NC(=O)OCc1ccccc1)C(F)F. The number of hydrogen-bond donors (Lipinski definition) is 1. The molecule has 1 amide bonds. The van der Waals surface area contributed by atoms with E-state index in [-0.39, 0.29) is 13.2 Å². The number of benzene rings is 1. The Balaban J connectivity index is 2.48. The van der Waals surface area contributed by atoms with Crippen LogP contribution in [0, 0.1) is 0 Å². The third kappa shape index (κ3) is 5.21. The van der Waals surface area contributed by atoms with Gasteiger partial charge in [0.15, 0.2) is 6.04 Å². The first-order valence-corrected chi connectivity index (χ1v) is 5.96. The summed E-state index contributed by atoms with van der Waals surface area (Å²) in [6, 6.07) is 6.68. The third-order valence-electron chi connectivity index (χ3n) is 2.28. The molecular formula is C13H15F2NO4. The Labute approximate surface area is 114 Å². The molecule has 5 nitrogen and oxygen atoms in total. The van der Waals surface area contributed by atoms with E-state index in [1.807, 2.05) is 0 Å². The Morgan fingerprint density at radius 2 is 1.85 bits per heavy atom. The van der Waals surface area contributed by atoms with Crippen molar-refractivity contribution in [1.82, 2.24) is 5.32 Å². The molecule has 0 aromatic heterocycles. The minimum atomic E-state index is -3.07. The molecule has 20 heavy (non-hydrogen) atoms. The van der Waals surface area contributed by atoms with Crippen LogP contribution in [-0.2, 0) is 20.9 Å². The number of carbonyl (C=O) groups excluding carboxylic acids is 2. The largest absolute Gasteiger partial charge is 0.464 e. The summed E-state index contributed by atoms with van der Waals surface area (Å²) in [4.78, 5) is 22.6. The molecule has 0 aliphatic rings. The molecule has 0 bridgehead atoms. The van der Waals surface area contributed by atoms with Crippen molar-refractivity contribution in [3.05, 3.63) is 35.9 Å². The fourth-order valence-electron chi connectivity index (χ4n) is 1.35. The lowest BCUT2D eigenvalue weighted by molar-refractivity contribution is -0.149. The normalized spacial score (nSPS) is 11.8. The highest BCUT2D eigenvalue weighted by Crippen LogP contribution is 2.05. The van der Waals surface area contributed by atoms with Gasteiger partial charge in [0, 0.05) is 0 Å². The lowest BCUT2D eigenvalue weighted by atomic mass is 10.2. The minimum absolute atomic E-state index is 0.0528. The smallest absolute Gasteiger partial charge is 0.408 e. The van der Waals surface area contributed by atoms with Gasteiger partial charge >= 0.3 is 12.1 Å². The van der Waals surface area contributed by atoms with Gasteiger partial charge in [-0.3, -0.25) is 0 Å². The zero-order chi connectivity index (χ0) is 15.0. The van der Waals surface area contributed by atoms with Crippen LogP contribution in [0.2, 0.25) is 0 Å². The second-order valence-electron chi connectivity index (χ2n) is 3.77. The molecule has 1 atom stereocenters. The van der Waals surface area contributed by atoms with Gasteiger partial charge in [0.2, 0.25) is 0 Å². The van der Waals surface area contributed by atoms with Crippen molar-refractivity contribution in [2.24, 2.45) is 0 Å². The van der Waals surface area contributed by atoms with Gasteiger partial charge in [0.25, 0.3) is 6.43 Å². The van der Waals surface area contributed by atoms with Gasteiger partial charge in [-0.1, -0.05) is 30.3 Å². The van der Waals surface area contributed by atoms with E-state index in [0.29, 0.717) is 5.56 Å². The summed E-state index contributed by atoms with van der Waals surface area (Å²) in [5.41, 5.74) is 0.701. The van der Waals surface area contributed by atoms with Crippen molar-refractivity contribution >= 4 is 12.1 Å². The molecule has 0 heterocycles. The van der Waals surface area contributed by atoms with Crippen molar-refractivity contribution in [3.8, 4) is 0 Å². The molecule has 0 saturated heterocycles. The quantitative estimate of drug-likeness (QED) is 0.814. The zero-order valence-electron chi connectivity index (χ0n) is 10.8. The topological polar surface area (TPSA) is 64.6 Å². The van der Waals surface area contributed by atoms with E-state index in [4.69, 9.17) is 4.74 Å². The van der Waals surface area contributed by atoms with Crippen LogP contribution >= 0.6 is 0 Å². The van der Waals surface area contributed by atoms with E-state index < -0.39 is 24.5 Å².